The van der Waals surface area contributed by atoms with Crippen LogP contribution in [-0.4, -0.2) is 14.0 Å². The molecule has 0 bridgehead atoms. The molecule has 22 heavy (non-hydrogen) atoms. The fourth-order valence-corrected chi connectivity index (χ4v) is 8.74. The lowest BCUT2D eigenvalue weighted by atomic mass is 10.1. The summed E-state index contributed by atoms with van der Waals surface area (Å²) >= 11 is 0. The summed E-state index contributed by atoms with van der Waals surface area (Å²) < 4.78 is 0. The topological polar surface area (TPSA) is 43.1 Å². The predicted molar refractivity (Wildman–Crippen MR) is 97.6 cm³/mol. The fraction of sp³-hybridized carbons (Fsp3) is 0.526. The van der Waals surface area contributed by atoms with E-state index in [2.05, 4.69) is 53.0 Å². The molecule has 0 fully saturated rings. The molecular weight excluding hydrogens is 286 g/mol. The first-order valence-electron chi connectivity index (χ1n) is 8.06. The first-order chi connectivity index (χ1) is 10.1. The summed E-state index contributed by atoms with van der Waals surface area (Å²) in [5, 5.41) is 0. The van der Waals surface area contributed by atoms with Crippen molar-refractivity contribution < 1.29 is 4.79 Å². The summed E-state index contributed by atoms with van der Waals surface area (Å²) in [5.74, 6) is 3.00. The van der Waals surface area contributed by atoms with Crippen molar-refractivity contribution in [1.29, 1.82) is 0 Å². The van der Waals surface area contributed by atoms with Crippen molar-refractivity contribution in [1.82, 2.24) is 0 Å². The maximum Gasteiger partial charge on any atom is 0.248 e. The molecule has 1 amide bonds. The SMILES string of the molecule is Cc1ccc(C(N)=O)cc1C#C[Si](C(C)C)(C(C)C)C(C)C. The highest BCUT2D eigenvalue weighted by atomic mass is 28.3. The van der Waals surface area contributed by atoms with Crippen LogP contribution in [0.1, 0.15) is 63.0 Å². The highest BCUT2D eigenvalue weighted by Gasteiger charge is 2.41. The van der Waals surface area contributed by atoms with Crippen molar-refractivity contribution in [2.45, 2.75) is 65.1 Å². The molecule has 0 aliphatic heterocycles. The zero-order valence-electron chi connectivity index (χ0n) is 14.9. The number of primary amides is 1. The molecule has 1 aromatic rings. The van der Waals surface area contributed by atoms with Crippen molar-refractivity contribution in [3.8, 4) is 11.5 Å². The Bertz CT molecular complexity index is 584. The Morgan fingerprint density at radius 2 is 1.55 bits per heavy atom. The Labute approximate surface area is 136 Å². The van der Waals surface area contributed by atoms with Gasteiger partial charge in [0, 0.05) is 11.1 Å². The van der Waals surface area contributed by atoms with Crippen molar-refractivity contribution in [2.75, 3.05) is 0 Å². The summed E-state index contributed by atoms with van der Waals surface area (Å²) in [4.78, 5) is 11.4. The van der Waals surface area contributed by atoms with Crippen LogP contribution in [0.3, 0.4) is 0 Å². The highest BCUT2D eigenvalue weighted by molar-refractivity contribution is 6.90. The second kappa shape index (κ2) is 7.15. The van der Waals surface area contributed by atoms with Gasteiger partial charge in [-0.15, -0.1) is 5.54 Å². The van der Waals surface area contributed by atoms with E-state index in [4.69, 9.17) is 5.73 Å². The minimum absolute atomic E-state index is 0.400. The van der Waals surface area contributed by atoms with E-state index in [-0.39, 0.29) is 0 Å². The summed E-state index contributed by atoms with van der Waals surface area (Å²) in [6.45, 7) is 15.8. The Kier molecular flexibility index (Phi) is 6.02. The molecule has 1 aromatic carbocycles. The van der Waals surface area contributed by atoms with Gasteiger partial charge in [-0.3, -0.25) is 4.79 Å². The Morgan fingerprint density at radius 3 is 1.95 bits per heavy atom. The van der Waals surface area contributed by atoms with Crippen LogP contribution < -0.4 is 5.73 Å². The molecule has 0 saturated heterocycles. The van der Waals surface area contributed by atoms with Gasteiger partial charge in [-0.2, -0.15) is 0 Å². The minimum Gasteiger partial charge on any atom is -0.366 e. The van der Waals surface area contributed by atoms with E-state index in [0.29, 0.717) is 22.2 Å². The fourth-order valence-electron chi connectivity index (χ4n) is 3.52. The maximum atomic E-state index is 11.4. The van der Waals surface area contributed by atoms with E-state index in [1.807, 2.05) is 19.1 Å². The number of hydrogen-bond donors (Lipinski definition) is 1. The van der Waals surface area contributed by atoms with E-state index in [1.165, 1.54) is 0 Å². The zero-order chi connectivity index (χ0) is 17.1. The van der Waals surface area contributed by atoms with Crippen LogP contribution in [0, 0.1) is 18.4 Å². The van der Waals surface area contributed by atoms with E-state index in [9.17, 15) is 4.79 Å². The van der Waals surface area contributed by atoms with Crippen molar-refractivity contribution >= 4 is 14.0 Å². The Hall–Kier alpha value is -1.53. The number of benzene rings is 1. The monoisotopic (exact) mass is 315 g/mol. The van der Waals surface area contributed by atoms with E-state index in [0.717, 1.165) is 11.1 Å². The largest absolute Gasteiger partial charge is 0.366 e. The Morgan fingerprint density at radius 1 is 1.05 bits per heavy atom. The molecule has 0 aromatic heterocycles. The summed E-state index contributed by atoms with van der Waals surface area (Å²) in [5.41, 5.74) is 13.4. The standard InChI is InChI=1S/C19H29NOSi/c1-13(2)22(14(3)4,15(5)6)11-10-17-12-18(19(20)21)9-8-16(17)7/h8-9,12-15H,1-7H3,(H2,20,21). The summed E-state index contributed by atoms with van der Waals surface area (Å²) in [7, 11) is -1.76. The third kappa shape index (κ3) is 3.62. The van der Waals surface area contributed by atoms with Gasteiger partial charge in [-0.1, -0.05) is 53.5 Å². The van der Waals surface area contributed by atoms with Gasteiger partial charge in [-0.05, 0) is 41.2 Å². The first kappa shape index (κ1) is 18.5. The van der Waals surface area contributed by atoms with Crippen LogP contribution in [0.5, 0.6) is 0 Å². The molecule has 0 saturated carbocycles. The minimum atomic E-state index is -1.76. The number of rotatable bonds is 4. The van der Waals surface area contributed by atoms with Gasteiger partial charge in [0.05, 0.1) is 0 Å². The van der Waals surface area contributed by atoms with Crippen molar-refractivity contribution in [3.63, 3.8) is 0 Å². The lowest BCUT2D eigenvalue weighted by molar-refractivity contribution is 0.100. The summed E-state index contributed by atoms with van der Waals surface area (Å²) in [6, 6.07) is 5.51. The summed E-state index contributed by atoms with van der Waals surface area (Å²) in [6.07, 6.45) is 0. The number of aryl methyl sites for hydroxylation is 1. The van der Waals surface area contributed by atoms with Crippen LogP contribution in [-0.2, 0) is 0 Å². The molecule has 1 rings (SSSR count). The van der Waals surface area contributed by atoms with Gasteiger partial charge in [-0.25, -0.2) is 0 Å². The molecule has 3 heteroatoms. The third-order valence-corrected chi connectivity index (χ3v) is 11.1. The van der Waals surface area contributed by atoms with E-state index < -0.39 is 14.0 Å². The predicted octanol–water partition coefficient (Wildman–Crippen LogP) is 4.66. The maximum absolute atomic E-state index is 11.4. The Balaban J connectivity index is 3.41. The second-order valence-corrected chi connectivity index (χ2v) is 12.6. The van der Waals surface area contributed by atoms with E-state index >= 15 is 0 Å². The first-order valence-corrected chi connectivity index (χ1v) is 10.3. The molecule has 2 nitrogen and oxygen atoms in total. The van der Waals surface area contributed by atoms with E-state index in [1.54, 1.807) is 6.07 Å². The molecular formula is C19H29NOSi. The molecule has 2 N–H and O–H groups in total. The molecule has 120 valence electrons. The molecule has 0 heterocycles. The number of nitrogens with two attached hydrogens (primary N) is 1. The second-order valence-electron chi connectivity index (χ2n) is 7.04. The third-order valence-electron chi connectivity index (χ3n) is 4.80. The normalized spacial score (nSPS) is 11.7. The van der Waals surface area contributed by atoms with Gasteiger partial charge in [0.25, 0.3) is 0 Å². The van der Waals surface area contributed by atoms with Crippen LogP contribution in [0.25, 0.3) is 0 Å². The van der Waals surface area contributed by atoms with Crippen LogP contribution in [0.2, 0.25) is 16.6 Å². The quantitative estimate of drug-likeness (QED) is 0.637. The molecule has 0 aliphatic rings. The van der Waals surface area contributed by atoms with Gasteiger partial charge in [0.2, 0.25) is 5.91 Å². The number of carbonyl (C=O) groups is 1. The van der Waals surface area contributed by atoms with Crippen molar-refractivity contribution in [3.05, 3.63) is 34.9 Å². The average molecular weight is 316 g/mol. The lowest BCUT2D eigenvalue weighted by Gasteiger charge is -2.38. The highest BCUT2D eigenvalue weighted by Crippen LogP contribution is 2.40. The molecule has 0 spiro atoms. The average Bonchev–Trinajstić information content (AvgIpc) is 2.39. The van der Waals surface area contributed by atoms with Gasteiger partial charge >= 0.3 is 0 Å². The molecule has 0 radical (unpaired) electrons. The van der Waals surface area contributed by atoms with Crippen LogP contribution in [0.15, 0.2) is 18.2 Å². The van der Waals surface area contributed by atoms with Crippen molar-refractivity contribution in [2.24, 2.45) is 5.73 Å². The zero-order valence-corrected chi connectivity index (χ0v) is 15.9. The molecule has 0 atom stereocenters. The smallest absolute Gasteiger partial charge is 0.248 e. The van der Waals surface area contributed by atoms with Crippen LogP contribution >= 0.6 is 0 Å². The number of hydrogen-bond acceptors (Lipinski definition) is 1. The van der Waals surface area contributed by atoms with Crippen LogP contribution in [0.4, 0.5) is 0 Å². The molecule has 0 unspecified atom stereocenters. The lowest BCUT2D eigenvalue weighted by Crippen LogP contribution is -2.43. The molecule has 0 aliphatic carbocycles. The van der Waals surface area contributed by atoms with Gasteiger partial charge in [0.15, 0.2) is 0 Å². The van der Waals surface area contributed by atoms with Gasteiger partial charge < -0.3 is 5.73 Å². The number of carbonyl (C=O) groups excluding carboxylic acids is 1. The number of amides is 1. The van der Waals surface area contributed by atoms with Gasteiger partial charge in [0.1, 0.15) is 8.07 Å².